The Morgan fingerprint density at radius 1 is 1.27 bits per heavy atom. The predicted molar refractivity (Wildman–Crippen MR) is 103 cm³/mol. The molecule has 0 heterocycles. The molecule has 0 radical (unpaired) electrons. The third kappa shape index (κ3) is 4.46. The van der Waals surface area contributed by atoms with Crippen molar-refractivity contribution in [1.82, 2.24) is 0 Å². The maximum absolute atomic E-state index is 11.2. The molecule has 2 rings (SSSR count). The van der Waals surface area contributed by atoms with Gasteiger partial charge in [0.1, 0.15) is 5.75 Å². The van der Waals surface area contributed by atoms with Crippen LogP contribution in [-0.4, -0.2) is 10.0 Å². The summed E-state index contributed by atoms with van der Waals surface area (Å²) in [6.07, 6.45) is 2.82. The number of rotatable bonds is 7. The van der Waals surface area contributed by atoms with Gasteiger partial charge in [-0.25, -0.2) is 0 Å². The summed E-state index contributed by atoms with van der Waals surface area (Å²) in [7, 11) is 0. The van der Waals surface area contributed by atoms with Crippen molar-refractivity contribution in [3.63, 3.8) is 0 Å². The van der Waals surface area contributed by atoms with Crippen LogP contribution in [0.3, 0.4) is 0 Å². The Morgan fingerprint density at radius 3 is 2.42 bits per heavy atom. The summed E-state index contributed by atoms with van der Waals surface area (Å²) < 4.78 is 5.70. The normalized spacial score (nSPS) is 12.3. The van der Waals surface area contributed by atoms with Crippen LogP contribution in [-0.2, 0) is 0 Å². The molecule has 0 spiro atoms. The summed E-state index contributed by atoms with van der Waals surface area (Å²) >= 11 is 0. The standard InChI is InChI=1S/C21H21NO4/c1-5-6-19(14(2)3)16-7-10-18(11-8-16)26-21-13-17(15(4)23)9-12-20(21)22(24)25/h5-13,15,23H,1-2H2,3-4H3/b19-6+. The second-order valence-electron chi connectivity index (χ2n) is 5.88. The van der Waals surface area contributed by atoms with Gasteiger partial charge in [0.2, 0.25) is 5.75 Å². The van der Waals surface area contributed by atoms with Gasteiger partial charge in [0, 0.05) is 6.07 Å². The molecule has 0 aromatic heterocycles. The summed E-state index contributed by atoms with van der Waals surface area (Å²) in [6.45, 7) is 11.2. The van der Waals surface area contributed by atoms with Crippen molar-refractivity contribution in [3.8, 4) is 11.5 Å². The zero-order valence-corrected chi connectivity index (χ0v) is 14.8. The molecule has 0 aliphatic rings. The number of nitrogens with zero attached hydrogens (tertiary/aromatic N) is 1. The Bertz CT molecular complexity index is 864. The van der Waals surface area contributed by atoms with E-state index in [1.807, 2.05) is 25.1 Å². The van der Waals surface area contributed by atoms with Crippen molar-refractivity contribution < 1.29 is 14.8 Å². The molecule has 2 aromatic rings. The minimum absolute atomic E-state index is 0.0860. The fraction of sp³-hybridized carbons (Fsp3) is 0.143. The number of nitro benzene ring substituents is 1. The Kier molecular flexibility index (Phi) is 6.09. The molecular formula is C21H21NO4. The van der Waals surface area contributed by atoms with Gasteiger partial charge in [-0.1, -0.05) is 43.0 Å². The van der Waals surface area contributed by atoms with Crippen molar-refractivity contribution in [1.29, 1.82) is 0 Å². The molecule has 0 aliphatic heterocycles. The van der Waals surface area contributed by atoms with Gasteiger partial charge >= 0.3 is 5.69 Å². The van der Waals surface area contributed by atoms with Gasteiger partial charge in [0.15, 0.2) is 0 Å². The highest BCUT2D eigenvalue weighted by molar-refractivity contribution is 5.79. The van der Waals surface area contributed by atoms with Crippen LogP contribution in [0.25, 0.3) is 5.57 Å². The third-order valence-corrected chi connectivity index (χ3v) is 3.80. The maximum Gasteiger partial charge on any atom is 0.311 e. The molecule has 0 saturated carbocycles. The van der Waals surface area contributed by atoms with Crippen LogP contribution in [0.5, 0.6) is 11.5 Å². The van der Waals surface area contributed by atoms with Gasteiger partial charge in [-0.05, 0) is 54.8 Å². The molecule has 5 heteroatoms. The van der Waals surface area contributed by atoms with Gasteiger partial charge in [-0.3, -0.25) is 10.1 Å². The van der Waals surface area contributed by atoms with Crippen LogP contribution in [0.2, 0.25) is 0 Å². The summed E-state index contributed by atoms with van der Waals surface area (Å²) in [6, 6.07) is 11.5. The first-order valence-corrected chi connectivity index (χ1v) is 8.06. The maximum atomic E-state index is 11.2. The smallest absolute Gasteiger partial charge is 0.311 e. The molecule has 0 bridgehead atoms. The van der Waals surface area contributed by atoms with Crippen molar-refractivity contribution in [2.24, 2.45) is 0 Å². The summed E-state index contributed by atoms with van der Waals surface area (Å²) in [4.78, 5) is 10.7. The van der Waals surface area contributed by atoms with Crippen molar-refractivity contribution >= 4 is 11.3 Å². The molecule has 0 saturated heterocycles. The monoisotopic (exact) mass is 351 g/mol. The lowest BCUT2D eigenvalue weighted by molar-refractivity contribution is -0.385. The zero-order chi connectivity index (χ0) is 19.3. The first-order valence-electron chi connectivity index (χ1n) is 8.06. The largest absolute Gasteiger partial charge is 0.450 e. The number of aliphatic hydroxyl groups excluding tert-OH is 1. The van der Waals surface area contributed by atoms with Crippen LogP contribution in [0.1, 0.15) is 31.1 Å². The number of aliphatic hydroxyl groups is 1. The molecule has 1 atom stereocenters. The molecule has 2 aromatic carbocycles. The molecule has 134 valence electrons. The van der Waals surface area contributed by atoms with Crippen molar-refractivity contribution in [2.75, 3.05) is 0 Å². The van der Waals surface area contributed by atoms with Crippen LogP contribution in [0.4, 0.5) is 5.69 Å². The summed E-state index contributed by atoms with van der Waals surface area (Å²) in [5, 5.41) is 20.9. The average molecular weight is 351 g/mol. The lowest BCUT2D eigenvalue weighted by Gasteiger charge is -2.11. The number of allylic oxidation sites excluding steroid dienone is 4. The van der Waals surface area contributed by atoms with Gasteiger partial charge in [0.25, 0.3) is 0 Å². The fourth-order valence-electron chi connectivity index (χ4n) is 2.46. The van der Waals surface area contributed by atoms with E-state index in [0.29, 0.717) is 11.3 Å². The van der Waals surface area contributed by atoms with E-state index in [2.05, 4.69) is 13.2 Å². The Balaban J connectivity index is 2.35. The van der Waals surface area contributed by atoms with E-state index in [1.165, 1.54) is 18.2 Å². The number of hydrogen-bond donors (Lipinski definition) is 1. The molecule has 0 amide bonds. The average Bonchev–Trinajstić information content (AvgIpc) is 2.60. The summed E-state index contributed by atoms with van der Waals surface area (Å²) in [5.41, 5.74) is 3.18. The quantitative estimate of drug-likeness (QED) is 0.401. The van der Waals surface area contributed by atoms with E-state index in [9.17, 15) is 15.2 Å². The molecule has 5 nitrogen and oxygen atoms in total. The Morgan fingerprint density at radius 2 is 1.92 bits per heavy atom. The second-order valence-corrected chi connectivity index (χ2v) is 5.88. The van der Waals surface area contributed by atoms with Gasteiger partial charge < -0.3 is 9.84 Å². The molecule has 1 N–H and O–H groups in total. The first-order chi connectivity index (χ1) is 12.3. The van der Waals surface area contributed by atoms with Crippen LogP contribution in [0.15, 0.2) is 73.3 Å². The number of ether oxygens (including phenoxy) is 1. The highest BCUT2D eigenvalue weighted by atomic mass is 16.6. The first kappa shape index (κ1) is 19.1. The lowest BCUT2D eigenvalue weighted by atomic mass is 10.00. The SMILES string of the molecule is C=C/C=C(\C(=C)C)c1ccc(Oc2cc(C(C)O)ccc2[N+](=O)[O-])cc1. The van der Waals surface area contributed by atoms with Gasteiger partial charge in [-0.15, -0.1) is 0 Å². The van der Waals surface area contributed by atoms with Gasteiger partial charge in [0.05, 0.1) is 11.0 Å². The Hall–Kier alpha value is -3.18. The highest BCUT2D eigenvalue weighted by Gasteiger charge is 2.18. The van der Waals surface area contributed by atoms with Crippen molar-refractivity contribution in [3.05, 3.63) is 94.6 Å². The number of hydrogen-bond acceptors (Lipinski definition) is 4. The van der Waals surface area contributed by atoms with E-state index in [-0.39, 0.29) is 11.4 Å². The minimum Gasteiger partial charge on any atom is -0.450 e. The van der Waals surface area contributed by atoms with E-state index in [1.54, 1.807) is 25.1 Å². The van der Waals surface area contributed by atoms with E-state index in [4.69, 9.17) is 4.74 Å². The highest BCUT2D eigenvalue weighted by Crippen LogP contribution is 2.34. The third-order valence-electron chi connectivity index (χ3n) is 3.80. The van der Waals surface area contributed by atoms with Gasteiger partial charge in [-0.2, -0.15) is 0 Å². The van der Waals surface area contributed by atoms with Crippen LogP contribution < -0.4 is 4.74 Å². The van der Waals surface area contributed by atoms with Crippen LogP contribution in [0, 0.1) is 10.1 Å². The van der Waals surface area contributed by atoms with E-state index < -0.39 is 11.0 Å². The lowest BCUT2D eigenvalue weighted by Crippen LogP contribution is -1.97. The van der Waals surface area contributed by atoms with E-state index >= 15 is 0 Å². The molecular weight excluding hydrogens is 330 g/mol. The molecule has 26 heavy (non-hydrogen) atoms. The predicted octanol–water partition coefficient (Wildman–Crippen LogP) is 5.59. The van der Waals surface area contributed by atoms with E-state index in [0.717, 1.165) is 16.7 Å². The molecule has 0 fully saturated rings. The summed E-state index contributed by atoms with van der Waals surface area (Å²) in [5.74, 6) is 0.544. The van der Waals surface area contributed by atoms with Crippen LogP contribution >= 0.6 is 0 Å². The molecule has 1 unspecified atom stereocenters. The second kappa shape index (κ2) is 8.27. The topological polar surface area (TPSA) is 72.6 Å². The van der Waals surface area contributed by atoms with Crippen molar-refractivity contribution in [2.45, 2.75) is 20.0 Å². The zero-order valence-electron chi connectivity index (χ0n) is 14.8. The molecule has 0 aliphatic carbocycles. The Labute approximate surface area is 152 Å². The number of nitro groups is 1. The fourth-order valence-corrected chi connectivity index (χ4v) is 2.46. The number of benzene rings is 2. The minimum atomic E-state index is -0.748.